The molecule has 1 fully saturated rings. The minimum atomic E-state index is -0.0452. The van der Waals surface area contributed by atoms with Gasteiger partial charge in [0.1, 0.15) is 12.1 Å². The molecule has 1 aliphatic heterocycles. The highest BCUT2D eigenvalue weighted by molar-refractivity contribution is 5.88. The Morgan fingerprint density at radius 1 is 1.29 bits per heavy atom. The smallest absolute Gasteiger partial charge is 0.221 e. The van der Waals surface area contributed by atoms with Gasteiger partial charge < -0.3 is 10.6 Å². The molecule has 0 aliphatic carbocycles. The molecule has 6 nitrogen and oxygen atoms in total. The predicted octanol–water partition coefficient (Wildman–Crippen LogP) is 2.43. The van der Waals surface area contributed by atoms with Gasteiger partial charge in [-0.05, 0) is 31.0 Å². The van der Waals surface area contributed by atoms with E-state index in [1.165, 1.54) is 12.5 Å². The Kier molecular flexibility index (Phi) is 5.05. The zero-order chi connectivity index (χ0) is 16.9. The van der Waals surface area contributed by atoms with Crippen molar-refractivity contribution < 1.29 is 4.79 Å². The monoisotopic (exact) mass is 325 g/mol. The summed E-state index contributed by atoms with van der Waals surface area (Å²) in [6.45, 7) is 6.47. The van der Waals surface area contributed by atoms with E-state index in [0.717, 1.165) is 43.3 Å². The lowest BCUT2D eigenvalue weighted by atomic mass is 10.2. The maximum absolute atomic E-state index is 11.0. The molecule has 1 unspecified atom stereocenters. The molecular weight excluding hydrogens is 302 g/mol. The second-order valence-corrected chi connectivity index (χ2v) is 6.29. The van der Waals surface area contributed by atoms with Crippen LogP contribution in [-0.4, -0.2) is 39.9 Å². The number of aromatic nitrogens is 2. The third-order valence-corrected chi connectivity index (χ3v) is 4.11. The highest BCUT2D eigenvalue weighted by Crippen LogP contribution is 2.18. The van der Waals surface area contributed by atoms with Gasteiger partial charge in [-0.25, -0.2) is 9.97 Å². The average molecular weight is 325 g/mol. The third kappa shape index (κ3) is 4.52. The molecular formula is C18H23N5O. The Morgan fingerprint density at radius 3 is 2.79 bits per heavy atom. The van der Waals surface area contributed by atoms with Crippen molar-refractivity contribution in [2.75, 3.05) is 23.7 Å². The van der Waals surface area contributed by atoms with E-state index in [4.69, 9.17) is 0 Å². The van der Waals surface area contributed by atoms with Crippen LogP contribution in [0.5, 0.6) is 0 Å². The number of amides is 1. The highest BCUT2D eigenvalue weighted by atomic mass is 16.1. The van der Waals surface area contributed by atoms with Crippen molar-refractivity contribution >= 4 is 17.4 Å². The van der Waals surface area contributed by atoms with E-state index in [1.54, 1.807) is 6.33 Å². The van der Waals surface area contributed by atoms with Crippen LogP contribution in [0.2, 0.25) is 0 Å². The number of benzene rings is 1. The quantitative estimate of drug-likeness (QED) is 0.883. The summed E-state index contributed by atoms with van der Waals surface area (Å²) in [5.41, 5.74) is 3.07. The SMILES string of the molecule is CC(=O)Nc1ccc(CN2CCC(Nc3cc(C)ncn3)C2)cc1. The molecule has 0 radical (unpaired) electrons. The molecule has 3 rings (SSSR count). The van der Waals surface area contributed by atoms with Gasteiger partial charge >= 0.3 is 0 Å². The van der Waals surface area contributed by atoms with Crippen LogP contribution in [0.4, 0.5) is 11.5 Å². The number of aryl methyl sites for hydroxylation is 1. The van der Waals surface area contributed by atoms with Crippen LogP contribution in [-0.2, 0) is 11.3 Å². The summed E-state index contributed by atoms with van der Waals surface area (Å²) in [5, 5.41) is 6.28. The zero-order valence-corrected chi connectivity index (χ0v) is 14.1. The first kappa shape index (κ1) is 16.4. The standard InChI is InChI=1S/C18H23N5O/c1-13-9-18(20-12-19-13)22-17-7-8-23(11-17)10-15-3-5-16(6-4-15)21-14(2)24/h3-6,9,12,17H,7-8,10-11H2,1-2H3,(H,21,24)(H,19,20,22). The summed E-state index contributed by atoms with van der Waals surface area (Å²) < 4.78 is 0. The van der Waals surface area contributed by atoms with E-state index >= 15 is 0 Å². The molecule has 0 bridgehead atoms. The Morgan fingerprint density at radius 2 is 2.08 bits per heavy atom. The molecule has 2 aromatic rings. The molecule has 0 spiro atoms. The van der Waals surface area contributed by atoms with E-state index < -0.39 is 0 Å². The Hall–Kier alpha value is -2.47. The second-order valence-electron chi connectivity index (χ2n) is 6.29. The fourth-order valence-corrected chi connectivity index (χ4v) is 2.99. The van der Waals surface area contributed by atoms with E-state index in [-0.39, 0.29) is 5.91 Å². The molecule has 24 heavy (non-hydrogen) atoms. The van der Waals surface area contributed by atoms with E-state index in [2.05, 4.69) is 37.6 Å². The van der Waals surface area contributed by atoms with E-state index in [9.17, 15) is 4.79 Å². The van der Waals surface area contributed by atoms with Crippen molar-refractivity contribution in [3.05, 3.63) is 47.9 Å². The molecule has 1 aliphatic rings. The average Bonchev–Trinajstić information content (AvgIpc) is 2.96. The molecule has 6 heteroatoms. The fourth-order valence-electron chi connectivity index (χ4n) is 2.99. The van der Waals surface area contributed by atoms with Crippen LogP contribution in [0.3, 0.4) is 0 Å². The van der Waals surface area contributed by atoms with Crippen LogP contribution < -0.4 is 10.6 Å². The molecule has 1 atom stereocenters. The van der Waals surface area contributed by atoms with E-state index in [0.29, 0.717) is 6.04 Å². The first-order valence-electron chi connectivity index (χ1n) is 8.22. The van der Waals surface area contributed by atoms with Crippen LogP contribution in [0.1, 0.15) is 24.6 Å². The Bertz CT molecular complexity index is 701. The summed E-state index contributed by atoms with van der Waals surface area (Å²) in [6.07, 6.45) is 2.70. The third-order valence-electron chi connectivity index (χ3n) is 4.11. The molecule has 1 aromatic carbocycles. The second kappa shape index (κ2) is 7.40. The number of carbonyl (C=O) groups excluding carboxylic acids is 1. The molecule has 126 valence electrons. The number of hydrogen-bond donors (Lipinski definition) is 2. The van der Waals surface area contributed by atoms with Crippen LogP contribution in [0, 0.1) is 6.92 Å². The lowest BCUT2D eigenvalue weighted by Crippen LogP contribution is -2.26. The van der Waals surface area contributed by atoms with Crippen molar-refractivity contribution in [3.63, 3.8) is 0 Å². The van der Waals surface area contributed by atoms with Gasteiger partial charge in [0, 0.05) is 50.0 Å². The lowest BCUT2D eigenvalue weighted by Gasteiger charge is -2.17. The summed E-state index contributed by atoms with van der Waals surface area (Å²) in [5.74, 6) is 0.852. The zero-order valence-electron chi connectivity index (χ0n) is 14.1. The number of anilines is 2. The lowest BCUT2D eigenvalue weighted by molar-refractivity contribution is -0.114. The van der Waals surface area contributed by atoms with Gasteiger partial charge in [-0.2, -0.15) is 0 Å². The van der Waals surface area contributed by atoms with Crippen LogP contribution >= 0.6 is 0 Å². The normalized spacial score (nSPS) is 17.7. The Balaban J connectivity index is 1.51. The summed E-state index contributed by atoms with van der Waals surface area (Å²) in [4.78, 5) is 21.9. The number of nitrogens with one attached hydrogen (secondary N) is 2. The van der Waals surface area contributed by atoms with Crippen molar-refractivity contribution in [3.8, 4) is 0 Å². The maximum Gasteiger partial charge on any atom is 0.221 e. The molecule has 1 amide bonds. The van der Waals surface area contributed by atoms with Gasteiger partial charge in [0.2, 0.25) is 5.91 Å². The topological polar surface area (TPSA) is 70.2 Å². The van der Waals surface area contributed by atoms with Crippen LogP contribution in [0.15, 0.2) is 36.7 Å². The van der Waals surface area contributed by atoms with Gasteiger partial charge in [0.25, 0.3) is 0 Å². The number of hydrogen-bond acceptors (Lipinski definition) is 5. The first-order chi connectivity index (χ1) is 11.6. The fraction of sp³-hybridized carbons (Fsp3) is 0.389. The molecule has 1 saturated heterocycles. The number of carbonyl (C=O) groups is 1. The molecule has 1 aromatic heterocycles. The van der Waals surface area contributed by atoms with Gasteiger partial charge in [0.05, 0.1) is 0 Å². The summed E-state index contributed by atoms with van der Waals surface area (Å²) >= 11 is 0. The molecule has 2 heterocycles. The first-order valence-corrected chi connectivity index (χ1v) is 8.22. The Labute approximate surface area is 142 Å². The van der Waals surface area contributed by atoms with Crippen molar-refractivity contribution in [2.24, 2.45) is 0 Å². The molecule has 2 N–H and O–H groups in total. The van der Waals surface area contributed by atoms with Gasteiger partial charge in [-0.1, -0.05) is 12.1 Å². The van der Waals surface area contributed by atoms with Gasteiger partial charge in [-0.3, -0.25) is 9.69 Å². The maximum atomic E-state index is 11.0. The highest BCUT2D eigenvalue weighted by Gasteiger charge is 2.22. The molecule has 0 saturated carbocycles. The number of nitrogens with zero attached hydrogens (tertiary/aromatic N) is 3. The minimum absolute atomic E-state index is 0.0452. The number of rotatable bonds is 5. The summed E-state index contributed by atoms with van der Waals surface area (Å²) in [6, 6.07) is 10.4. The van der Waals surface area contributed by atoms with Gasteiger partial charge in [-0.15, -0.1) is 0 Å². The largest absolute Gasteiger partial charge is 0.366 e. The summed E-state index contributed by atoms with van der Waals surface area (Å²) in [7, 11) is 0. The van der Waals surface area contributed by atoms with Crippen LogP contribution in [0.25, 0.3) is 0 Å². The predicted molar refractivity (Wildman–Crippen MR) is 94.8 cm³/mol. The minimum Gasteiger partial charge on any atom is -0.366 e. The van der Waals surface area contributed by atoms with Gasteiger partial charge in [0.15, 0.2) is 0 Å². The van der Waals surface area contributed by atoms with Crippen molar-refractivity contribution in [1.82, 2.24) is 14.9 Å². The van der Waals surface area contributed by atoms with Crippen molar-refractivity contribution in [2.45, 2.75) is 32.9 Å². The van der Waals surface area contributed by atoms with Crippen molar-refractivity contribution in [1.29, 1.82) is 0 Å². The van der Waals surface area contributed by atoms with E-state index in [1.807, 2.05) is 25.1 Å². The number of likely N-dealkylation sites (tertiary alicyclic amines) is 1.